The monoisotopic (exact) mass is 1550 g/mol. The third-order valence-corrected chi connectivity index (χ3v) is 18.9. The van der Waals surface area contributed by atoms with Crippen molar-refractivity contribution in [3.8, 4) is 0 Å². The number of carbonyl (C=O) groups is 4. The summed E-state index contributed by atoms with van der Waals surface area (Å²) in [7, 11) is -9.99. The number of hydrogen-bond acceptors (Lipinski definition) is 15. The Labute approximate surface area is 655 Å². The Morgan fingerprint density at radius 2 is 0.481 bits per heavy atom. The zero-order chi connectivity index (χ0) is 78.9. The molecule has 5 atom stereocenters. The Morgan fingerprint density at radius 3 is 0.750 bits per heavy atom. The molecule has 0 spiro atoms. The summed E-state index contributed by atoms with van der Waals surface area (Å²) in [6.45, 7) is 4.47. The van der Waals surface area contributed by atoms with Gasteiger partial charge in [-0.3, -0.25) is 37.3 Å². The summed E-state index contributed by atoms with van der Waals surface area (Å²) in [5.41, 5.74) is 0. The summed E-state index contributed by atoms with van der Waals surface area (Å²) in [5, 5.41) is 10.7. The number of ether oxygens (including phenoxy) is 4. The van der Waals surface area contributed by atoms with Crippen molar-refractivity contribution in [1.29, 1.82) is 0 Å². The first-order valence-corrected chi connectivity index (χ1v) is 44.7. The molecule has 0 aliphatic rings. The highest BCUT2D eigenvalue weighted by Gasteiger charge is 2.30. The van der Waals surface area contributed by atoms with Crippen LogP contribution in [0.5, 0.6) is 0 Å². The standard InChI is InChI=1S/C89H148O17P2/c1-5-9-13-17-21-25-29-33-36-39-41-44-46-50-53-57-61-65-69-73-86(91)99-79-84(105-88(93)75-71-67-63-59-55-49-32-28-24-20-16-12-8-4)81-103-107(95,96)101-77-83(90)78-102-108(97,98)104-82-85(106-89(94)76-72-68-64-60-56-52-48-43-38-35-31-27-23-19-15-11-7-3)80-100-87(92)74-70-66-62-58-54-51-47-45-42-40-37-34-30-26-22-18-14-10-6-2/h9-11,13-15,21-23,25-28,32-38,41-42,44-45,48,52,83-85,90H,5-8,12,16-20,24,29-31,39-40,43,46-47,49-51,53-82H2,1-4H3,(H,95,96)(H,97,98)/b13-9-,14-10-,15-11-,25-21-,26-22-,27-23-,32-28-,36-33-,37-34-,38-35-,44-41-,45-42-,52-48-. The molecule has 108 heavy (non-hydrogen) atoms. The average Bonchev–Trinajstić information content (AvgIpc) is 0.886. The van der Waals surface area contributed by atoms with Crippen molar-refractivity contribution in [2.24, 2.45) is 0 Å². The van der Waals surface area contributed by atoms with E-state index < -0.39 is 97.5 Å². The molecule has 0 rings (SSSR count). The van der Waals surface area contributed by atoms with Gasteiger partial charge in [0.15, 0.2) is 12.2 Å². The molecule has 5 unspecified atom stereocenters. The van der Waals surface area contributed by atoms with E-state index in [0.29, 0.717) is 25.7 Å². The van der Waals surface area contributed by atoms with Crippen LogP contribution in [0, 0.1) is 0 Å². The van der Waals surface area contributed by atoms with Crippen molar-refractivity contribution in [2.45, 2.75) is 341 Å². The van der Waals surface area contributed by atoms with Crippen LogP contribution in [0.15, 0.2) is 158 Å². The second-order valence-corrected chi connectivity index (χ2v) is 30.2. The van der Waals surface area contributed by atoms with Crippen LogP contribution in [-0.4, -0.2) is 96.7 Å². The van der Waals surface area contributed by atoms with Gasteiger partial charge in [-0.15, -0.1) is 0 Å². The van der Waals surface area contributed by atoms with Crippen LogP contribution in [0.3, 0.4) is 0 Å². The molecule has 0 radical (unpaired) electrons. The summed E-state index contributed by atoms with van der Waals surface area (Å²) in [5.74, 6) is -2.24. The maximum atomic E-state index is 13.1. The van der Waals surface area contributed by atoms with Crippen molar-refractivity contribution in [1.82, 2.24) is 0 Å². The molecule has 17 nitrogen and oxygen atoms in total. The molecule has 0 aromatic rings. The minimum Gasteiger partial charge on any atom is -0.462 e. The fourth-order valence-corrected chi connectivity index (χ4v) is 12.3. The number of allylic oxidation sites excluding steroid dienone is 26. The van der Waals surface area contributed by atoms with E-state index in [1.807, 2.05) is 0 Å². The van der Waals surface area contributed by atoms with Crippen LogP contribution in [0.1, 0.15) is 323 Å². The van der Waals surface area contributed by atoms with E-state index in [-0.39, 0.29) is 25.7 Å². The minimum absolute atomic E-state index is 0.0585. The highest BCUT2D eigenvalue weighted by Crippen LogP contribution is 2.45. The SMILES string of the molecule is CC/C=C\C/C=C\C/C=C\C/C=C\CCCCCCCCC(=O)OCC(COP(=O)(O)OCC(O)COP(=O)(O)OCC(COC(=O)CCCCCCCC/C=C\C/C=C\C/C=C\C/C=C\CC)OC(=O)CCCCCCC/C=C\CCCCCC)OC(=O)CCCCCC/C=C\C/C=C\C/C=C\C/C=C\CC. The maximum Gasteiger partial charge on any atom is 0.472 e. The summed E-state index contributed by atoms with van der Waals surface area (Å²) in [6.07, 6.45) is 93.5. The Balaban J connectivity index is 5.41. The van der Waals surface area contributed by atoms with Gasteiger partial charge in [-0.2, -0.15) is 0 Å². The summed E-state index contributed by atoms with van der Waals surface area (Å²) < 4.78 is 68.7. The van der Waals surface area contributed by atoms with Gasteiger partial charge in [-0.25, -0.2) is 9.13 Å². The van der Waals surface area contributed by atoms with Crippen molar-refractivity contribution in [3.63, 3.8) is 0 Å². The minimum atomic E-state index is -5.00. The van der Waals surface area contributed by atoms with E-state index in [0.717, 1.165) is 218 Å². The van der Waals surface area contributed by atoms with Gasteiger partial charge in [0, 0.05) is 25.7 Å². The van der Waals surface area contributed by atoms with Crippen molar-refractivity contribution >= 4 is 39.5 Å². The second kappa shape index (κ2) is 79.8. The number of unbranched alkanes of at least 4 members (excludes halogenated alkanes) is 25. The van der Waals surface area contributed by atoms with Crippen LogP contribution >= 0.6 is 15.6 Å². The van der Waals surface area contributed by atoms with Crippen molar-refractivity contribution < 1.29 is 80.2 Å². The number of aliphatic hydroxyl groups excluding tert-OH is 1. The van der Waals surface area contributed by atoms with E-state index in [1.165, 1.54) is 25.7 Å². The molecule has 0 saturated carbocycles. The van der Waals surface area contributed by atoms with Gasteiger partial charge >= 0.3 is 39.5 Å². The summed E-state index contributed by atoms with van der Waals surface area (Å²) in [6, 6.07) is 0. The second-order valence-electron chi connectivity index (χ2n) is 27.3. The summed E-state index contributed by atoms with van der Waals surface area (Å²) >= 11 is 0. The van der Waals surface area contributed by atoms with Gasteiger partial charge in [0.25, 0.3) is 0 Å². The molecule has 0 aliphatic carbocycles. The van der Waals surface area contributed by atoms with Crippen molar-refractivity contribution in [3.05, 3.63) is 158 Å². The molecule has 0 aliphatic heterocycles. The normalized spacial score (nSPS) is 14.6. The predicted molar refractivity (Wildman–Crippen MR) is 445 cm³/mol. The lowest BCUT2D eigenvalue weighted by Gasteiger charge is -2.21. The highest BCUT2D eigenvalue weighted by molar-refractivity contribution is 7.47. The third-order valence-electron chi connectivity index (χ3n) is 17.0. The molecular formula is C89H148O17P2. The van der Waals surface area contributed by atoms with Gasteiger partial charge in [-0.1, -0.05) is 288 Å². The fraction of sp³-hybridized carbons (Fsp3) is 0.663. The maximum absolute atomic E-state index is 13.1. The number of rotatable bonds is 77. The van der Waals surface area contributed by atoms with Gasteiger partial charge in [0.2, 0.25) is 0 Å². The topological polar surface area (TPSA) is 237 Å². The third kappa shape index (κ3) is 78.8. The fourth-order valence-electron chi connectivity index (χ4n) is 10.7. The number of esters is 4. The van der Waals surface area contributed by atoms with Gasteiger partial charge in [-0.05, 0) is 167 Å². The van der Waals surface area contributed by atoms with Gasteiger partial charge < -0.3 is 33.8 Å². The van der Waals surface area contributed by atoms with Crippen LogP contribution in [0.2, 0.25) is 0 Å². The first-order chi connectivity index (χ1) is 52.7. The zero-order valence-electron chi connectivity index (χ0n) is 67.5. The molecule has 0 saturated heterocycles. The highest BCUT2D eigenvalue weighted by atomic mass is 31.2. The van der Waals surface area contributed by atoms with Crippen molar-refractivity contribution in [2.75, 3.05) is 39.6 Å². The van der Waals surface area contributed by atoms with E-state index in [1.54, 1.807) is 0 Å². The first kappa shape index (κ1) is 103. The Bertz CT molecular complexity index is 2660. The van der Waals surface area contributed by atoms with Crippen LogP contribution in [0.25, 0.3) is 0 Å². The quantitative estimate of drug-likeness (QED) is 0.0169. The first-order valence-electron chi connectivity index (χ1n) is 41.7. The lowest BCUT2D eigenvalue weighted by molar-refractivity contribution is -0.161. The smallest absolute Gasteiger partial charge is 0.462 e. The number of phosphoric acid groups is 2. The summed E-state index contributed by atoms with van der Waals surface area (Å²) in [4.78, 5) is 73.2. The predicted octanol–water partition coefficient (Wildman–Crippen LogP) is 24.8. The molecular weight excluding hydrogens is 1400 g/mol. The lowest BCUT2D eigenvalue weighted by Crippen LogP contribution is -2.30. The van der Waals surface area contributed by atoms with E-state index in [4.69, 9.17) is 37.0 Å². The Hall–Kier alpha value is -5.32. The van der Waals surface area contributed by atoms with Crippen LogP contribution in [0.4, 0.5) is 0 Å². The van der Waals surface area contributed by atoms with Gasteiger partial charge in [0.1, 0.15) is 19.3 Å². The molecule has 3 N–H and O–H groups in total. The molecule has 0 aromatic carbocycles. The number of carbonyl (C=O) groups excluding carboxylic acids is 4. The molecule has 0 amide bonds. The van der Waals surface area contributed by atoms with E-state index >= 15 is 0 Å². The number of hydrogen-bond donors (Lipinski definition) is 3. The van der Waals surface area contributed by atoms with E-state index in [9.17, 15) is 43.2 Å². The zero-order valence-corrected chi connectivity index (χ0v) is 69.3. The number of aliphatic hydroxyl groups is 1. The van der Waals surface area contributed by atoms with Crippen LogP contribution in [-0.2, 0) is 65.4 Å². The Morgan fingerprint density at radius 1 is 0.269 bits per heavy atom. The molecule has 616 valence electrons. The largest absolute Gasteiger partial charge is 0.472 e. The molecule has 0 aromatic heterocycles. The van der Waals surface area contributed by atoms with Crippen LogP contribution < -0.4 is 0 Å². The average molecular weight is 1550 g/mol. The molecule has 0 bridgehead atoms. The van der Waals surface area contributed by atoms with E-state index in [2.05, 4.69) is 186 Å². The Kier molecular flexibility index (Phi) is 75.8. The lowest BCUT2D eigenvalue weighted by atomic mass is 10.1. The number of phosphoric ester groups is 2. The molecule has 0 fully saturated rings. The van der Waals surface area contributed by atoms with Gasteiger partial charge in [0.05, 0.1) is 26.4 Å². The molecule has 0 heterocycles. The molecule has 19 heteroatoms.